The summed E-state index contributed by atoms with van der Waals surface area (Å²) >= 11 is 6.88. The number of pyridine rings is 1. The number of hydrogen-bond donors (Lipinski definition) is 1. The van der Waals surface area contributed by atoms with Gasteiger partial charge in [-0.3, -0.25) is 4.79 Å². The van der Waals surface area contributed by atoms with E-state index in [0.29, 0.717) is 30.0 Å². The van der Waals surface area contributed by atoms with Gasteiger partial charge in [0.25, 0.3) is 0 Å². The molecule has 1 aliphatic rings. The van der Waals surface area contributed by atoms with Crippen molar-refractivity contribution < 1.29 is 9.18 Å². The van der Waals surface area contributed by atoms with Gasteiger partial charge in [-0.15, -0.1) is 0 Å². The summed E-state index contributed by atoms with van der Waals surface area (Å²) in [5.74, 6) is -0.396. The van der Waals surface area contributed by atoms with Gasteiger partial charge in [-0.2, -0.15) is 4.98 Å². The molecule has 1 amide bonds. The fourth-order valence-corrected chi connectivity index (χ4v) is 6.84. The Labute approximate surface area is 270 Å². The molecule has 46 heavy (non-hydrogen) atoms. The van der Waals surface area contributed by atoms with Gasteiger partial charge in [0.1, 0.15) is 11.6 Å². The fraction of sp³-hybridized carbons (Fsp3) is 0.324. The average molecular weight is 643 g/mol. The molecule has 5 aromatic rings. The number of nitrogens with two attached hydrogens (primary N) is 1. The molecule has 0 bridgehead atoms. The molecule has 2 N–H and O–H groups in total. The standard InChI is InChI=1S/C34H36ClFN8O2/c1-8-26(45)42-14-20(6)43(15-19(42)5)32-21-13-22(35)29(28-23(36)10-9-11-24(28)37)39-33(21)44(34(46)40-32)31-18(4)12-25-30(27(31)17(2)3)38-16-41(25)7/h8-13,16-17,19-20H,1,14-15,37H2,2-7H3/t19-,20+/m1/s1. The minimum Gasteiger partial charge on any atom is -0.398 e. The monoisotopic (exact) mass is 642 g/mol. The van der Waals surface area contributed by atoms with Crippen LogP contribution in [0.3, 0.4) is 0 Å². The Bertz CT molecular complexity index is 2100. The van der Waals surface area contributed by atoms with E-state index in [9.17, 15) is 9.59 Å². The SMILES string of the molecule is C=CC(=O)N1C[C@H](C)N(c2nc(=O)n(-c3c(C)cc4c(ncn4C)c3C(C)C)c3nc(-c4c(N)cccc4F)c(Cl)cc23)C[C@H]1C. The van der Waals surface area contributed by atoms with Crippen LogP contribution in [0.5, 0.6) is 0 Å². The molecule has 1 aliphatic heterocycles. The predicted molar refractivity (Wildman–Crippen MR) is 181 cm³/mol. The zero-order valence-corrected chi connectivity index (χ0v) is 27.4. The molecule has 3 aromatic heterocycles. The number of benzene rings is 2. The van der Waals surface area contributed by atoms with Crippen LogP contribution in [0.4, 0.5) is 15.9 Å². The van der Waals surface area contributed by atoms with Gasteiger partial charge in [0.2, 0.25) is 5.91 Å². The molecule has 0 radical (unpaired) electrons. The van der Waals surface area contributed by atoms with Crippen molar-refractivity contribution in [3.8, 4) is 16.9 Å². The Balaban J connectivity index is 1.71. The zero-order valence-electron chi connectivity index (χ0n) is 26.7. The van der Waals surface area contributed by atoms with Crippen molar-refractivity contribution in [2.24, 2.45) is 7.05 Å². The third-order valence-electron chi connectivity index (χ3n) is 8.82. The number of carbonyl (C=O) groups is 1. The topological polar surface area (TPSA) is 115 Å². The number of halogens is 2. The number of imidazole rings is 1. The normalized spacial score (nSPS) is 17.0. The van der Waals surface area contributed by atoms with Crippen LogP contribution in [-0.4, -0.2) is 60.1 Å². The molecule has 238 valence electrons. The number of rotatable bonds is 5. The number of anilines is 2. The van der Waals surface area contributed by atoms with E-state index >= 15 is 4.39 Å². The van der Waals surface area contributed by atoms with E-state index in [1.54, 1.807) is 23.4 Å². The van der Waals surface area contributed by atoms with Crippen molar-refractivity contribution in [2.45, 2.75) is 52.6 Å². The maximum absolute atomic E-state index is 15.3. The first kappa shape index (κ1) is 31.2. The van der Waals surface area contributed by atoms with Crippen LogP contribution in [0.2, 0.25) is 5.02 Å². The van der Waals surface area contributed by atoms with Gasteiger partial charge < -0.3 is 20.1 Å². The first-order chi connectivity index (χ1) is 21.8. The summed E-state index contributed by atoms with van der Waals surface area (Å²) < 4.78 is 18.7. The molecule has 12 heteroatoms. The highest BCUT2D eigenvalue weighted by Crippen LogP contribution is 2.39. The molecule has 4 heterocycles. The highest BCUT2D eigenvalue weighted by Gasteiger charge is 2.34. The van der Waals surface area contributed by atoms with Gasteiger partial charge >= 0.3 is 5.69 Å². The molecule has 6 rings (SSSR count). The Morgan fingerprint density at radius 3 is 2.59 bits per heavy atom. The number of carbonyl (C=O) groups excluding carboxylic acids is 1. The van der Waals surface area contributed by atoms with E-state index in [2.05, 4.69) is 16.5 Å². The van der Waals surface area contributed by atoms with Crippen LogP contribution < -0.4 is 16.3 Å². The molecular formula is C34H36ClFN8O2. The number of piperazine rings is 1. The summed E-state index contributed by atoms with van der Waals surface area (Å²) in [7, 11) is 1.93. The van der Waals surface area contributed by atoms with E-state index in [0.717, 1.165) is 22.2 Å². The highest BCUT2D eigenvalue weighted by molar-refractivity contribution is 6.34. The summed E-state index contributed by atoms with van der Waals surface area (Å²) in [5, 5.41) is 0.653. The van der Waals surface area contributed by atoms with E-state index in [1.165, 1.54) is 22.8 Å². The van der Waals surface area contributed by atoms with Crippen molar-refractivity contribution >= 4 is 51.1 Å². The molecule has 0 spiro atoms. The van der Waals surface area contributed by atoms with Crippen LogP contribution >= 0.6 is 11.6 Å². The lowest BCUT2D eigenvalue weighted by Crippen LogP contribution is -2.58. The minimum atomic E-state index is -0.587. The van der Waals surface area contributed by atoms with E-state index in [4.69, 9.17) is 22.3 Å². The molecule has 2 atom stereocenters. The minimum absolute atomic E-state index is 0.0285. The molecule has 0 unspecified atom stereocenters. The van der Waals surface area contributed by atoms with Gasteiger partial charge in [0, 0.05) is 43.5 Å². The van der Waals surface area contributed by atoms with Crippen LogP contribution in [0, 0.1) is 12.7 Å². The molecule has 0 saturated carbocycles. The first-order valence-electron chi connectivity index (χ1n) is 15.2. The number of hydrogen-bond acceptors (Lipinski definition) is 7. The third-order valence-corrected chi connectivity index (χ3v) is 9.11. The summed E-state index contributed by atoms with van der Waals surface area (Å²) in [6.45, 7) is 14.4. The zero-order chi connectivity index (χ0) is 33.2. The summed E-state index contributed by atoms with van der Waals surface area (Å²) in [6, 6.07) is 7.65. The molecule has 1 saturated heterocycles. The van der Waals surface area contributed by atoms with E-state index in [-0.39, 0.29) is 51.5 Å². The van der Waals surface area contributed by atoms with Crippen LogP contribution in [0.25, 0.3) is 39.0 Å². The second kappa shape index (κ2) is 11.5. The Morgan fingerprint density at radius 1 is 1.17 bits per heavy atom. The van der Waals surface area contributed by atoms with Crippen molar-refractivity contribution in [1.29, 1.82) is 0 Å². The van der Waals surface area contributed by atoms with Gasteiger partial charge in [0.05, 0.1) is 44.7 Å². The lowest BCUT2D eigenvalue weighted by molar-refractivity contribution is -0.128. The average Bonchev–Trinajstić information content (AvgIpc) is 3.36. The molecular weight excluding hydrogens is 607 g/mol. The molecule has 2 aromatic carbocycles. The van der Waals surface area contributed by atoms with Crippen molar-refractivity contribution in [1.82, 2.24) is 29.0 Å². The first-order valence-corrected chi connectivity index (χ1v) is 15.5. The summed E-state index contributed by atoms with van der Waals surface area (Å²) in [5.41, 5.74) is 10.2. The Morgan fingerprint density at radius 2 is 1.91 bits per heavy atom. The fourth-order valence-electron chi connectivity index (χ4n) is 6.60. The van der Waals surface area contributed by atoms with Gasteiger partial charge in [-0.1, -0.05) is 38.1 Å². The quantitative estimate of drug-likeness (QED) is 0.192. The lowest BCUT2D eigenvalue weighted by Gasteiger charge is -2.44. The van der Waals surface area contributed by atoms with E-state index in [1.807, 2.05) is 57.2 Å². The lowest BCUT2D eigenvalue weighted by atomic mass is 9.95. The Hall–Kier alpha value is -4.77. The van der Waals surface area contributed by atoms with Crippen LogP contribution in [0.1, 0.15) is 44.7 Å². The number of amides is 1. The molecule has 0 aliphatic carbocycles. The number of fused-ring (bicyclic) bond motifs is 2. The van der Waals surface area contributed by atoms with Gasteiger partial charge in [-0.25, -0.2) is 23.7 Å². The maximum atomic E-state index is 15.3. The van der Waals surface area contributed by atoms with E-state index < -0.39 is 11.5 Å². The number of nitrogens with zero attached hydrogens (tertiary/aromatic N) is 7. The van der Waals surface area contributed by atoms with Crippen molar-refractivity contribution in [2.75, 3.05) is 23.7 Å². The summed E-state index contributed by atoms with van der Waals surface area (Å²) in [6.07, 6.45) is 3.05. The number of nitrogen functional groups attached to an aromatic ring is 1. The second-order valence-electron chi connectivity index (χ2n) is 12.3. The van der Waals surface area contributed by atoms with Crippen LogP contribution in [-0.2, 0) is 11.8 Å². The van der Waals surface area contributed by atoms with Crippen molar-refractivity contribution in [3.63, 3.8) is 0 Å². The van der Waals surface area contributed by atoms with Crippen molar-refractivity contribution in [3.05, 3.63) is 81.8 Å². The van der Waals surface area contributed by atoms with Crippen LogP contribution in [0.15, 0.2) is 54.1 Å². The summed E-state index contributed by atoms with van der Waals surface area (Å²) in [4.78, 5) is 45.0. The number of aromatic nitrogens is 5. The van der Waals surface area contributed by atoms with Gasteiger partial charge in [0.15, 0.2) is 5.65 Å². The largest absolute Gasteiger partial charge is 0.398 e. The maximum Gasteiger partial charge on any atom is 0.355 e. The smallest absolute Gasteiger partial charge is 0.355 e. The van der Waals surface area contributed by atoms with Gasteiger partial charge in [-0.05, 0) is 62.6 Å². The molecule has 10 nitrogen and oxygen atoms in total. The predicted octanol–water partition coefficient (Wildman–Crippen LogP) is 5.75. The molecule has 1 fully saturated rings. The second-order valence-corrected chi connectivity index (χ2v) is 12.7. The highest BCUT2D eigenvalue weighted by atomic mass is 35.5. The Kier molecular flexibility index (Phi) is 7.84. The number of aryl methyl sites for hydroxylation is 2. The third kappa shape index (κ3) is 4.89.